The van der Waals surface area contributed by atoms with Crippen molar-refractivity contribution in [1.29, 1.82) is 0 Å². The molecule has 180 valence electrons. The van der Waals surface area contributed by atoms with Gasteiger partial charge in [0.15, 0.2) is 12.3 Å². The first kappa shape index (κ1) is 26.6. The fourth-order valence-corrected chi connectivity index (χ4v) is 3.56. The summed E-state index contributed by atoms with van der Waals surface area (Å²) in [6, 6.07) is 2.78. The predicted octanol–water partition coefficient (Wildman–Crippen LogP) is 3.49. The van der Waals surface area contributed by atoms with E-state index >= 15 is 0 Å². The summed E-state index contributed by atoms with van der Waals surface area (Å²) < 4.78 is 57.7. The van der Waals surface area contributed by atoms with E-state index in [2.05, 4.69) is 22.2 Å². The minimum atomic E-state index is -4.79. The molecule has 0 aliphatic heterocycles. The Labute approximate surface area is 195 Å². The van der Waals surface area contributed by atoms with Crippen LogP contribution < -0.4 is 15.4 Å². The minimum absolute atomic E-state index is 0.0777. The van der Waals surface area contributed by atoms with Crippen LogP contribution in [0.15, 0.2) is 30.9 Å². The van der Waals surface area contributed by atoms with Crippen molar-refractivity contribution in [3.05, 3.63) is 57.3 Å². The summed E-state index contributed by atoms with van der Waals surface area (Å²) in [6.07, 6.45) is -4.82. The maximum Gasteiger partial charge on any atom is 0.435 e. The molecule has 0 aliphatic rings. The lowest BCUT2D eigenvalue weighted by molar-refractivity contribution is -0.141. The van der Waals surface area contributed by atoms with Crippen molar-refractivity contribution in [2.75, 3.05) is 13.2 Å². The summed E-state index contributed by atoms with van der Waals surface area (Å²) in [5.74, 6) is -2.24. The van der Waals surface area contributed by atoms with Gasteiger partial charge in [-0.3, -0.25) is 9.59 Å². The molecule has 2 rings (SSSR count). The fraction of sp³-hybridized carbons (Fsp3) is 0.350. The van der Waals surface area contributed by atoms with Gasteiger partial charge in [0.2, 0.25) is 0 Å². The summed E-state index contributed by atoms with van der Waals surface area (Å²) in [5.41, 5.74) is -1.28. The van der Waals surface area contributed by atoms with E-state index in [9.17, 15) is 32.3 Å². The van der Waals surface area contributed by atoms with Crippen LogP contribution in [0.2, 0.25) is 5.02 Å². The Kier molecular flexibility index (Phi) is 9.20. The van der Waals surface area contributed by atoms with E-state index in [0.717, 1.165) is 6.07 Å². The van der Waals surface area contributed by atoms with Gasteiger partial charge >= 0.3 is 6.18 Å². The van der Waals surface area contributed by atoms with Gasteiger partial charge in [0.1, 0.15) is 16.4 Å². The number of aromatic nitrogens is 1. The zero-order valence-electron chi connectivity index (χ0n) is 17.2. The minimum Gasteiger partial charge on any atom is -0.484 e. The molecule has 2 unspecified atom stereocenters. The van der Waals surface area contributed by atoms with E-state index in [1.165, 1.54) is 25.1 Å². The highest BCUT2D eigenvalue weighted by Gasteiger charge is 2.39. The van der Waals surface area contributed by atoms with Crippen molar-refractivity contribution in [3.8, 4) is 5.75 Å². The number of hydrogen-bond donors (Lipinski definition) is 3. The van der Waals surface area contributed by atoms with Gasteiger partial charge in [-0.25, -0.2) is 9.37 Å². The standard InChI is InChI=1S/C20H20ClF4N3O4S/c1-3-11(28-19(31)17-18(20(23,24)25)27-10(2)33-17)6-12(29)8-26-16(30)9-32-13-4-5-14(21)15(22)7-13/h3-5,7,11-12,29H,1,6,8-9H2,2H3,(H,26,30)(H,28,31). The second kappa shape index (κ2) is 11.4. The number of rotatable bonds is 10. The van der Waals surface area contributed by atoms with Crippen LogP contribution in [-0.2, 0) is 11.0 Å². The van der Waals surface area contributed by atoms with E-state index in [0.29, 0.717) is 11.3 Å². The molecule has 1 heterocycles. The van der Waals surface area contributed by atoms with Gasteiger partial charge in [-0.15, -0.1) is 17.9 Å². The highest BCUT2D eigenvalue weighted by Crippen LogP contribution is 2.34. The number of thiazole rings is 1. The zero-order valence-corrected chi connectivity index (χ0v) is 18.8. The lowest BCUT2D eigenvalue weighted by Crippen LogP contribution is -2.40. The van der Waals surface area contributed by atoms with E-state index < -0.39 is 53.1 Å². The monoisotopic (exact) mass is 509 g/mol. The first-order valence-electron chi connectivity index (χ1n) is 9.41. The second-order valence-electron chi connectivity index (χ2n) is 6.78. The number of nitrogens with zero attached hydrogens (tertiary/aromatic N) is 1. The third kappa shape index (κ3) is 7.98. The molecule has 13 heteroatoms. The van der Waals surface area contributed by atoms with Crippen molar-refractivity contribution in [3.63, 3.8) is 0 Å². The van der Waals surface area contributed by atoms with Crippen LogP contribution in [0.5, 0.6) is 5.75 Å². The molecule has 1 aromatic carbocycles. The maximum atomic E-state index is 13.4. The van der Waals surface area contributed by atoms with Crippen LogP contribution in [0.25, 0.3) is 0 Å². The smallest absolute Gasteiger partial charge is 0.435 e. The lowest BCUT2D eigenvalue weighted by Gasteiger charge is -2.19. The van der Waals surface area contributed by atoms with Gasteiger partial charge in [0.25, 0.3) is 11.8 Å². The molecular weight excluding hydrogens is 490 g/mol. The number of alkyl halides is 3. The summed E-state index contributed by atoms with van der Waals surface area (Å²) >= 11 is 6.15. The van der Waals surface area contributed by atoms with Crippen molar-refractivity contribution < 1.29 is 37.0 Å². The van der Waals surface area contributed by atoms with Gasteiger partial charge in [-0.2, -0.15) is 13.2 Å². The molecule has 0 saturated heterocycles. The number of benzene rings is 1. The van der Waals surface area contributed by atoms with Gasteiger partial charge in [-0.1, -0.05) is 17.7 Å². The van der Waals surface area contributed by atoms with Gasteiger partial charge in [-0.05, 0) is 25.5 Å². The van der Waals surface area contributed by atoms with E-state index in [1.54, 1.807) is 0 Å². The molecule has 0 radical (unpaired) electrons. The van der Waals surface area contributed by atoms with E-state index in [4.69, 9.17) is 16.3 Å². The molecular formula is C20H20ClF4N3O4S. The van der Waals surface area contributed by atoms with Crippen LogP contribution in [0, 0.1) is 12.7 Å². The number of aliphatic hydroxyl groups excluding tert-OH is 1. The third-order valence-corrected chi connectivity index (χ3v) is 5.41. The molecule has 3 N–H and O–H groups in total. The van der Waals surface area contributed by atoms with Crippen LogP contribution in [0.1, 0.15) is 26.8 Å². The van der Waals surface area contributed by atoms with Gasteiger partial charge in [0, 0.05) is 18.7 Å². The second-order valence-corrected chi connectivity index (χ2v) is 8.39. The number of aliphatic hydroxyl groups is 1. The molecule has 0 spiro atoms. The lowest BCUT2D eigenvalue weighted by atomic mass is 10.1. The number of aryl methyl sites for hydroxylation is 1. The molecule has 0 aliphatic carbocycles. The predicted molar refractivity (Wildman–Crippen MR) is 114 cm³/mol. The quantitative estimate of drug-likeness (QED) is 0.336. The topological polar surface area (TPSA) is 101 Å². The Balaban J connectivity index is 1.84. The molecule has 0 saturated carbocycles. The molecule has 1 aromatic heterocycles. The van der Waals surface area contributed by atoms with Crippen molar-refractivity contribution in [1.82, 2.24) is 15.6 Å². The van der Waals surface area contributed by atoms with Gasteiger partial charge in [0.05, 0.1) is 16.1 Å². The Hall–Kier alpha value is -2.70. The first-order valence-corrected chi connectivity index (χ1v) is 10.6. The third-order valence-electron chi connectivity index (χ3n) is 4.13. The molecule has 7 nitrogen and oxygen atoms in total. The average molecular weight is 510 g/mol. The highest BCUT2D eigenvalue weighted by atomic mass is 35.5. The maximum absolute atomic E-state index is 13.4. The van der Waals surface area contributed by atoms with Crippen LogP contribution in [0.4, 0.5) is 17.6 Å². The summed E-state index contributed by atoms with van der Waals surface area (Å²) in [7, 11) is 0. The molecule has 2 amide bonds. The SMILES string of the molecule is C=CC(CC(O)CNC(=O)COc1ccc(Cl)c(F)c1)NC(=O)c1sc(C)nc1C(F)(F)F. The first-order chi connectivity index (χ1) is 15.4. The number of carbonyl (C=O) groups is 2. The number of amides is 2. The Morgan fingerprint density at radius 1 is 1.39 bits per heavy atom. The summed E-state index contributed by atoms with van der Waals surface area (Å²) in [4.78, 5) is 26.9. The van der Waals surface area contributed by atoms with Crippen molar-refractivity contribution >= 4 is 34.8 Å². The van der Waals surface area contributed by atoms with Crippen LogP contribution in [0.3, 0.4) is 0 Å². The number of nitrogens with one attached hydrogen (secondary N) is 2. The molecule has 2 aromatic rings. The number of halogens is 5. The Morgan fingerprint density at radius 2 is 2.09 bits per heavy atom. The highest BCUT2D eigenvalue weighted by molar-refractivity contribution is 7.13. The summed E-state index contributed by atoms with van der Waals surface area (Å²) in [6.45, 7) is 4.16. The molecule has 0 fully saturated rings. The fourth-order valence-electron chi connectivity index (χ4n) is 2.60. The summed E-state index contributed by atoms with van der Waals surface area (Å²) in [5, 5.41) is 14.8. The van der Waals surface area contributed by atoms with Crippen molar-refractivity contribution in [2.24, 2.45) is 0 Å². The number of hydrogen-bond acceptors (Lipinski definition) is 6. The average Bonchev–Trinajstić information content (AvgIpc) is 3.15. The number of carbonyl (C=O) groups excluding carboxylic acids is 2. The molecule has 2 atom stereocenters. The van der Waals surface area contributed by atoms with E-state index in [1.807, 2.05) is 0 Å². The van der Waals surface area contributed by atoms with E-state index in [-0.39, 0.29) is 28.7 Å². The number of ether oxygens (including phenoxy) is 1. The Morgan fingerprint density at radius 3 is 2.70 bits per heavy atom. The van der Waals surface area contributed by atoms with Crippen LogP contribution in [-0.4, -0.2) is 47.2 Å². The normalized spacial score (nSPS) is 13.2. The molecule has 33 heavy (non-hydrogen) atoms. The zero-order chi connectivity index (χ0) is 24.8. The van der Waals surface area contributed by atoms with Gasteiger partial charge < -0.3 is 20.5 Å². The van der Waals surface area contributed by atoms with Crippen molar-refractivity contribution in [2.45, 2.75) is 31.7 Å². The largest absolute Gasteiger partial charge is 0.484 e. The Bertz CT molecular complexity index is 1020. The molecule has 0 bridgehead atoms. The van der Waals surface area contributed by atoms with Crippen LogP contribution >= 0.6 is 22.9 Å².